The van der Waals surface area contributed by atoms with Crippen LogP contribution in [-0.2, 0) is 11.2 Å². The molecule has 4 rings (SSSR count). The number of thioether (sulfide) groups is 1. The van der Waals surface area contributed by atoms with E-state index in [1.165, 1.54) is 16.2 Å². The minimum Gasteiger partial charge on any atom is -0.334 e. The van der Waals surface area contributed by atoms with E-state index < -0.39 is 11.9 Å². The molecule has 0 bridgehead atoms. The number of nitrogens with zero attached hydrogens (tertiary/aromatic N) is 2. The van der Waals surface area contributed by atoms with E-state index in [-0.39, 0.29) is 16.5 Å². The Bertz CT molecular complexity index is 1170. The lowest BCUT2D eigenvalue weighted by Crippen LogP contribution is -2.36. The lowest BCUT2D eigenvalue weighted by atomic mass is 9.88. The topological polar surface area (TPSA) is 119 Å². The van der Waals surface area contributed by atoms with Crippen LogP contribution < -0.4 is 22.0 Å². The van der Waals surface area contributed by atoms with Gasteiger partial charge < -0.3 is 11.2 Å². The van der Waals surface area contributed by atoms with Crippen molar-refractivity contribution in [2.45, 2.75) is 37.3 Å². The van der Waals surface area contributed by atoms with Crippen LogP contribution in [0.4, 0.5) is 10.5 Å². The van der Waals surface area contributed by atoms with Crippen LogP contribution in [-0.4, -0.2) is 27.4 Å². The molecule has 1 aliphatic rings. The highest BCUT2D eigenvalue weighted by Gasteiger charge is 2.26. The van der Waals surface area contributed by atoms with Crippen molar-refractivity contribution in [1.29, 1.82) is 0 Å². The Kier molecular flexibility index (Phi) is 5.78. The van der Waals surface area contributed by atoms with Gasteiger partial charge in [0, 0.05) is 10.6 Å². The van der Waals surface area contributed by atoms with Crippen molar-refractivity contribution in [2.75, 3.05) is 16.9 Å². The van der Waals surface area contributed by atoms with Crippen molar-refractivity contribution < 1.29 is 9.59 Å². The number of rotatable bonds is 4. The minimum absolute atomic E-state index is 0.0984. The van der Waals surface area contributed by atoms with Crippen molar-refractivity contribution in [3.05, 3.63) is 51.1 Å². The second-order valence-corrected chi connectivity index (χ2v) is 9.16. The van der Waals surface area contributed by atoms with Crippen LogP contribution in [0.2, 0.25) is 0 Å². The van der Waals surface area contributed by atoms with Gasteiger partial charge in [0.05, 0.1) is 11.1 Å². The molecule has 156 valence electrons. The number of hydrogen-bond acceptors (Lipinski definition) is 7. The zero-order valence-corrected chi connectivity index (χ0v) is 17.9. The quantitative estimate of drug-likeness (QED) is 0.324. The summed E-state index contributed by atoms with van der Waals surface area (Å²) in [6.07, 6.45) is 3.10. The standard InChI is InChI=1S/C20H21N5O3S2/c1-11-6-5-9-13-15(11)16-17(30-13)24-20(25(21)18(16)27)29-10-14(26)23-19(28)22-12-7-3-2-4-8-12/h2-4,7-8,11H,5-6,9-10,21H2,1H3,(H2,22,23,26,28). The fraction of sp³-hybridized carbons (Fsp3) is 0.300. The first kappa shape index (κ1) is 20.4. The number of amides is 3. The Hall–Kier alpha value is -2.85. The number of hydrogen-bond donors (Lipinski definition) is 3. The molecule has 0 radical (unpaired) electrons. The zero-order chi connectivity index (χ0) is 21.3. The average molecular weight is 444 g/mol. The van der Waals surface area contributed by atoms with Gasteiger partial charge in [-0.2, -0.15) is 0 Å². The van der Waals surface area contributed by atoms with Gasteiger partial charge in [0.15, 0.2) is 5.16 Å². The number of thiophene rings is 1. The SMILES string of the molecule is CC1CCCc2sc3nc(SCC(=O)NC(=O)Nc4ccccc4)n(N)c(=O)c3c21. The van der Waals surface area contributed by atoms with Crippen LogP contribution in [0.15, 0.2) is 40.3 Å². The number of para-hydroxylation sites is 1. The Balaban J connectivity index is 1.46. The molecule has 30 heavy (non-hydrogen) atoms. The molecular weight excluding hydrogens is 422 g/mol. The molecule has 1 aliphatic carbocycles. The maximum Gasteiger partial charge on any atom is 0.325 e. The molecule has 2 heterocycles. The Labute approximate surface area is 180 Å². The number of carbonyl (C=O) groups excluding carboxylic acids is 2. The second-order valence-electron chi connectivity index (χ2n) is 7.14. The molecule has 10 heteroatoms. The fourth-order valence-corrected chi connectivity index (χ4v) is 5.70. The summed E-state index contributed by atoms with van der Waals surface area (Å²) in [5.74, 6) is 5.69. The normalized spacial score (nSPS) is 15.6. The van der Waals surface area contributed by atoms with Gasteiger partial charge in [0.25, 0.3) is 5.56 Å². The Morgan fingerprint density at radius 1 is 1.33 bits per heavy atom. The molecule has 0 aliphatic heterocycles. The van der Waals surface area contributed by atoms with E-state index in [1.54, 1.807) is 24.3 Å². The highest BCUT2D eigenvalue weighted by atomic mass is 32.2. The minimum atomic E-state index is -0.625. The molecule has 1 atom stereocenters. The number of nitrogens with two attached hydrogens (primary N) is 1. The van der Waals surface area contributed by atoms with Gasteiger partial charge in [-0.05, 0) is 42.9 Å². The number of nitrogen functional groups attached to an aromatic ring is 1. The number of benzene rings is 1. The predicted octanol–water partition coefficient (Wildman–Crippen LogP) is 3.05. The molecule has 0 saturated carbocycles. The van der Waals surface area contributed by atoms with Crippen LogP contribution in [0.1, 0.15) is 36.1 Å². The van der Waals surface area contributed by atoms with E-state index in [1.807, 2.05) is 6.07 Å². The first-order valence-electron chi connectivity index (χ1n) is 9.56. The summed E-state index contributed by atoms with van der Waals surface area (Å²) in [6.45, 7) is 2.12. The van der Waals surface area contributed by atoms with Crippen LogP contribution in [0.3, 0.4) is 0 Å². The molecular formula is C20H21N5O3S2. The smallest absolute Gasteiger partial charge is 0.325 e. The van der Waals surface area contributed by atoms with Crippen molar-refractivity contribution in [1.82, 2.24) is 15.0 Å². The lowest BCUT2D eigenvalue weighted by Gasteiger charge is -2.18. The summed E-state index contributed by atoms with van der Waals surface area (Å²) in [6, 6.07) is 8.18. The van der Waals surface area contributed by atoms with Crippen molar-refractivity contribution in [3.8, 4) is 0 Å². The van der Waals surface area contributed by atoms with Gasteiger partial charge in [-0.1, -0.05) is 36.9 Å². The summed E-state index contributed by atoms with van der Waals surface area (Å²) in [4.78, 5) is 43.3. The molecule has 0 spiro atoms. The first-order chi connectivity index (χ1) is 14.4. The lowest BCUT2D eigenvalue weighted by molar-refractivity contribution is -0.117. The predicted molar refractivity (Wildman–Crippen MR) is 120 cm³/mol. The number of aromatic nitrogens is 2. The molecule has 3 aromatic rings. The third-order valence-corrected chi connectivity index (χ3v) is 7.10. The molecule has 1 unspecified atom stereocenters. The van der Waals surface area contributed by atoms with Gasteiger partial charge >= 0.3 is 6.03 Å². The van der Waals surface area contributed by atoms with E-state index in [2.05, 4.69) is 22.5 Å². The molecule has 2 aromatic heterocycles. The number of urea groups is 1. The summed E-state index contributed by atoms with van der Waals surface area (Å²) in [7, 11) is 0. The van der Waals surface area contributed by atoms with Gasteiger partial charge in [0.2, 0.25) is 5.91 Å². The largest absolute Gasteiger partial charge is 0.334 e. The van der Waals surface area contributed by atoms with Gasteiger partial charge in [-0.25, -0.2) is 14.5 Å². The van der Waals surface area contributed by atoms with Crippen LogP contribution in [0.25, 0.3) is 10.2 Å². The average Bonchev–Trinajstić information content (AvgIpc) is 3.10. The second kappa shape index (κ2) is 8.49. The number of anilines is 1. The number of aryl methyl sites for hydroxylation is 1. The zero-order valence-electron chi connectivity index (χ0n) is 16.3. The molecule has 1 aromatic carbocycles. The highest BCUT2D eigenvalue weighted by Crippen LogP contribution is 2.40. The number of imide groups is 1. The fourth-order valence-electron chi connectivity index (χ4n) is 3.61. The van der Waals surface area contributed by atoms with Crippen LogP contribution in [0.5, 0.6) is 0 Å². The number of fused-ring (bicyclic) bond motifs is 3. The van der Waals surface area contributed by atoms with Gasteiger partial charge in [-0.3, -0.25) is 14.9 Å². The summed E-state index contributed by atoms with van der Waals surface area (Å²) < 4.78 is 0.999. The number of nitrogens with one attached hydrogen (secondary N) is 2. The van der Waals surface area contributed by atoms with Crippen molar-refractivity contribution in [2.24, 2.45) is 0 Å². The van der Waals surface area contributed by atoms with Crippen LogP contribution in [0, 0.1) is 0 Å². The maximum atomic E-state index is 12.9. The van der Waals surface area contributed by atoms with E-state index in [9.17, 15) is 14.4 Å². The van der Waals surface area contributed by atoms with Gasteiger partial charge in [0.1, 0.15) is 4.83 Å². The van der Waals surface area contributed by atoms with E-state index >= 15 is 0 Å². The maximum absolute atomic E-state index is 12.9. The molecule has 4 N–H and O–H groups in total. The monoisotopic (exact) mass is 443 g/mol. The van der Waals surface area contributed by atoms with Crippen molar-refractivity contribution >= 4 is 50.9 Å². The van der Waals surface area contributed by atoms with E-state index in [4.69, 9.17) is 5.84 Å². The molecule has 0 saturated heterocycles. The first-order valence-corrected chi connectivity index (χ1v) is 11.4. The Morgan fingerprint density at radius 3 is 2.87 bits per heavy atom. The third kappa shape index (κ3) is 4.05. The summed E-state index contributed by atoms with van der Waals surface area (Å²) in [5, 5.41) is 5.67. The molecule has 8 nitrogen and oxygen atoms in total. The molecule has 0 fully saturated rings. The van der Waals surface area contributed by atoms with E-state index in [0.717, 1.165) is 41.3 Å². The summed E-state index contributed by atoms with van der Waals surface area (Å²) in [5.41, 5.74) is 1.36. The van der Waals surface area contributed by atoms with Crippen molar-refractivity contribution in [3.63, 3.8) is 0 Å². The van der Waals surface area contributed by atoms with Crippen LogP contribution >= 0.6 is 23.1 Å². The Morgan fingerprint density at radius 2 is 2.10 bits per heavy atom. The third-order valence-electron chi connectivity index (χ3n) is 4.99. The summed E-state index contributed by atoms with van der Waals surface area (Å²) >= 11 is 2.55. The van der Waals surface area contributed by atoms with E-state index in [0.29, 0.717) is 21.8 Å². The molecule has 3 amide bonds. The van der Waals surface area contributed by atoms with Gasteiger partial charge in [-0.15, -0.1) is 11.3 Å². The highest BCUT2D eigenvalue weighted by molar-refractivity contribution is 7.99. The number of carbonyl (C=O) groups is 2.